The van der Waals surface area contributed by atoms with Gasteiger partial charge in [0.1, 0.15) is 0 Å². The fourth-order valence-electron chi connectivity index (χ4n) is 3.88. The molecule has 3 N–H and O–H groups in total. The molecule has 0 radical (unpaired) electrons. The lowest BCUT2D eigenvalue weighted by Crippen LogP contribution is -2.30. The molecule has 37 heavy (non-hydrogen) atoms. The van der Waals surface area contributed by atoms with Gasteiger partial charge in [-0.15, -0.1) is 0 Å². The van der Waals surface area contributed by atoms with Crippen LogP contribution in [0.5, 0.6) is 0 Å². The molecule has 9 nitrogen and oxygen atoms in total. The first kappa shape index (κ1) is 30.3. The zero-order chi connectivity index (χ0) is 27.8. The van der Waals surface area contributed by atoms with Crippen LogP contribution >= 0.6 is 0 Å². The van der Waals surface area contributed by atoms with Gasteiger partial charge in [0.05, 0.1) is 18.6 Å². The molecule has 3 aliphatic rings. The molecule has 1 amide bonds. The number of halogens is 6. The number of carbonyl (C=O) groups excluding carboxylic acids is 1. The minimum Gasteiger partial charge on any atom is -0.475 e. The molecule has 3 heterocycles. The van der Waals surface area contributed by atoms with E-state index in [1.165, 1.54) is 19.4 Å². The van der Waals surface area contributed by atoms with E-state index in [2.05, 4.69) is 15.2 Å². The zero-order valence-corrected chi connectivity index (χ0v) is 19.5. The number of alkyl halides is 6. The number of carboxylic acid groups (broad SMARTS) is 2. The maximum atomic E-state index is 12.1. The number of nitrogens with one attached hydrogen (secondary N) is 1. The van der Waals surface area contributed by atoms with Gasteiger partial charge in [-0.25, -0.2) is 9.59 Å². The Bertz CT molecular complexity index is 872. The number of aromatic nitrogens is 1. The summed E-state index contributed by atoms with van der Waals surface area (Å²) >= 11 is 0. The Labute approximate surface area is 207 Å². The van der Waals surface area contributed by atoms with E-state index in [1.807, 2.05) is 12.1 Å². The largest absolute Gasteiger partial charge is 0.490 e. The highest BCUT2D eigenvalue weighted by Crippen LogP contribution is 2.37. The Kier molecular flexibility index (Phi) is 10.7. The highest BCUT2D eigenvalue weighted by Gasteiger charge is 2.43. The summed E-state index contributed by atoms with van der Waals surface area (Å²) in [6.45, 7) is 4.03. The van der Waals surface area contributed by atoms with E-state index in [1.54, 1.807) is 12.4 Å². The van der Waals surface area contributed by atoms with Crippen LogP contribution in [0, 0.1) is 11.8 Å². The van der Waals surface area contributed by atoms with Crippen molar-refractivity contribution in [3.05, 3.63) is 30.1 Å². The second kappa shape index (κ2) is 13.0. The molecule has 3 fully saturated rings. The number of fused-ring (bicyclic) bond motifs is 1. The molecule has 2 aliphatic heterocycles. The average Bonchev–Trinajstić information content (AvgIpc) is 3.41. The molecular formula is C22H27F6N3O6. The van der Waals surface area contributed by atoms with Crippen LogP contribution in [0.25, 0.3) is 0 Å². The van der Waals surface area contributed by atoms with Gasteiger partial charge in [-0.2, -0.15) is 26.3 Å². The summed E-state index contributed by atoms with van der Waals surface area (Å²) < 4.78 is 69.6. The van der Waals surface area contributed by atoms with Crippen LogP contribution in [-0.2, 0) is 25.7 Å². The Morgan fingerprint density at radius 2 is 1.65 bits per heavy atom. The fourth-order valence-corrected chi connectivity index (χ4v) is 3.88. The average molecular weight is 543 g/mol. The normalized spacial score (nSPS) is 23.1. The molecule has 2 saturated heterocycles. The van der Waals surface area contributed by atoms with Crippen LogP contribution in [-0.4, -0.2) is 82.1 Å². The number of aliphatic carboxylic acids is 2. The van der Waals surface area contributed by atoms with Crippen molar-refractivity contribution in [3.8, 4) is 0 Å². The van der Waals surface area contributed by atoms with E-state index in [9.17, 15) is 31.1 Å². The molecule has 3 atom stereocenters. The number of pyridine rings is 1. The van der Waals surface area contributed by atoms with E-state index in [0.29, 0.717) is 25.0 Å². The third kappa shape index (κ3) is 11.3. The molecule has 1 aromatic rings. The predicted octanol–water partition coefficient (Wildman–Crippen LogP) is 2.85. The lowest BCUT2D eigenvalue weighted by molar-refractivity contribution is -0.193. The van der Waals surface area contributed by atoms with E-state index in [0.717, 1.165) is 31.0 Å². The smallest absolute Gasteiger partial charge is 0.475 e. The van der Waals surface area contributed by atoms with Gasteiger partial charge in [0, 0.05) is 44.5 Å². The third-order valence-corrected chi connectivity index (χ3v) is 5.71. The van der Waals surface area contributed by atoms with Gasteiger partial charge < -0.3 is 25.2 Å². The molecule has 1 aliphatic carbocycles. The number of hydrogen-bond donors (Lipinski definition) is 3. The summed E-state index contributed by atoms with van der Waals surface area (Å²) in [5, 5.41) is 17.2. The molecule has 0 aromatic carbocycles. The number of carbonyl (C=O) groups is 3. The van der Waals surface area contributed by atoms with E-state index in [4.69, 9.17) is 24.5 Å². The van der Waals surface area contributed by atoms with Crippen molar-refractivity contribution in [3.63, 3.8) is 0 Å². The minimum atomic E-state index is -5.08. The molecular weight excluding hydrogens is 516 g/mol. The number of nitrogens with zero attached hydrogens (tertiary/aromatic N) is 2. The van der Waals surface area contributed by atoms with Crippen LogP contribution in [0.1, 0.15) is 31.2 Å². The van der Waals surface area contributed by atoms with Crippen molar-refractivity contribution in [1.82, 2.24) is 15.2 Å². The second-order valence-corrected chi connectivity index (χ2v) is 8.90. The maximum absolute atomic E-state index is 12.1. The van der Waals surface area contributed by atoms with E-state index in [-0.39, 0.29) is 12.0 Å². The van der Waals surface area contributed by atoms with Crippen LogP contribution < -0.4 is 5.32 Å². The highest BCUT2D eigenvalue weighted by molar-refractivity contribution is 5.76. The number of ether oxygens (including phenoxy) is 1. The molecule has 4 rings (SSSR count). The van der Waals surface area contributed by atoms with Crippen molar-refractivity contribution in [2.75, 3.05) is 19.6 Å². The Balaban J connectivity index is 0.000000286. The predicted molar refractivity (Wildman–Crippen MR) is 114 cm³/mol. The van der Waals surface area contributed by atoms with Crippen LogP contribution in [0.4, 0.5) is 26.3 Å². The summed E-state index contributed by atoms with van der Waals surface area (Å²) in [4.78, 5) is 36.5. The SMILES string of the molecule is O=C(C[C@H]1C[C@H]2CN(CC3CC3)C[C@H]2O1)NCc1cccnc1.O=C(O)C(F)(F)F.O=C(O)C(F)(F)F. The third-order valence-electron chi connectivity index (χ3n) is 5.71. The molecule has 0 unspecified atom stereocenters. The van der Waals surface area contributed by atoms with Gasteiger partial charge in [0.15, 0.2) is 0 Å². The molecule has 0 spiro atoms. The molecule has 15 heteroatoms. The van der Waals surface area contributed by atoms with Crippen LogP contribution in [0.3, 0.4) is 0 Å². The molecule has 1 aromatic heterocycles. The van der Waals surface area contributed by atoms with Crippen LogP contribution in [0.15, 0.2) is 24.5 Å². The number of amides is 1. The van der Waals surface area contributed by atoms with Crippen molar-refractivity contribution < 1.29 is 55.7 Å². The Morgan fingerprint density at radius 1 is 1.05 bits per heavy atom. The van der Waals surface area contributed by atoms with Crippen molar-refractivity contribution >= 4 is 17.8 Å². The first-order chi connectivity index (χ1) is 17.1. The molecule has 0 bridgehead atoms. The fraction of sp³-hybridized carbons (Fsp3) is 0.636. The number of hydrogen-bond acceptors (Lipinski definition) is 6. The summed E-state index contributed by atoms with van der Waals surface area (Å²) in [6, 6.07) is 3.86. The second-order valence-electron chi connectivity index (χ2n) is 8.90. The number of likely N-dealkylation sites (tertiary alicyclic amines) is 1. The highest BCUT2D eigenvalue weighted by atomic mass is 19.4. The van der Waals surface area contributed by atoms with Gasteiger partial charge in [0.2, 0.25) is 5.91 Å². The van der Waals surface area contributed by atoms with Gasteiger partial charge in [-0.05, 0) is 36.8 Å². The first-order valence-electron chi connectivity index (χ1n) is 11.3. The Morgan fingerprint density at radius 3 is 2.11 bits per heavy atom. The van der Waals surface area contributed by atoms with Gasteiger partial charge >= 0.3 is 24.3 Å². The molecule has 208 valence electrons. The Hall–Kier alpha value is -2.94. The van der Waals surface area contributed by atoms with E-state index >= 15 is 0 Å². The number of rotatable bonds is 6. The van der Waals surface area contributed by atoms with E-state index < -0.39 is 24.3 Å². The summed E-state index contributed by atoms with van der Waals surface area (Å²) in [6.07, 6.45) is -1.86. The monoisotopic (exact) mass is 543 g/mol. The van der Waals surface area contributed by atoms with Crippen molar-refractivity contribution in [2.45, 2.75) is 56.8 Å². The zero-order valence-electron chi connectivity index (χ0n) is 19.5. The van der Waals surface area contributed by atoms with Gasteiger partial charge in [-0.3, -0.25) is 9.78 Å². The first-order valence-corrected chi connectivity index (χ1v) is 11.3. The standard InChI is InChI=1S/C18H25N3O2.2C2HF3O2/c22-18(20-9-14-2-1-5-19-8-14)7-16-6-15-11-21(10-13-3-4-13)12-17(15)23-16;2*3-2(4,5)1(6)7/h1-2,5,8,13,15-17H,3-4,6-7,9-12H2,(H,20,22);2*(H,6,7)/t15-,16+,17+;;/m0../s1. The van der Waals surface area contributed by atoms with Gasteiger partial charge in [-0.1, -0.05) is 6.07 Å². The van der Waals surface area contributed by atoms with Gasteiger partial charge in [0.25, 0.3) is 0 Å². The minimum absolute atomic E-state index is 0.0775. The lowest BCUT2D eigenvalue weighted by Gasteiger charge is -2.18. The number of carboxylic acids is 2. The maximum Gasteiger partial charge on any atom is 0.490 e. The molecule has 1 saturated carbocycles. The summed E-state index contributed by atoms with van der Waals surface area (Å²) in [5.41, 5.74) is 1.03. The quantitative estimate of drug-likeness (QED) is 0.468. The summed E-state index contributed by atoms with van der Waals surface area (Å²) in [5.74, 6) is -3.86. The van der Waals surface area contributed by atoms with Crippen LogP contribution in [0.2, 0.25) is 0 Å². The topological polar surface area (TPSA) is 129 Å². The lowest BCUT2D eigenvalue weighted by atomic mass is 10.0. The van der Waals surface area contributed by atoms with Crippen molar-refractivity contribution in [2.24, 2.45) is 11.8 Å². The summed E-state index contributed by atoms with van der Waals surface area (Å²) in [7, 11) is 0. The van der Waals surface area contributed by atoms with Crippen molar-refractivity contribution in [1.29, 1.82) is 0 Å².